The summed E-state index contributed by atoms with van der Waals surface area (Å²) in [6, 6.07) is 11.7. The van der Waals surface area contributed by atoms with Gasteiger partial charge in [0.25, 0.3) is 0 Å². The van der Waals surface area contributed by atoms with Crippen LogP contribution in [0.1, 0.15) is 56.9 Å². The van der Waals surface area contributed by atoms with E-state index < -0.39 is 0 Å². The molecule has 0 radical (unpaired) electrons. The van der Waals surface area contributed by atoms with Gasteiger partial charge < -0.3 is 0 Å². The third-order valence-electron chi connectivity index (χ3n) is 4.74. The van der Waals surface area contributed by atoms with Crippen LogP contribution >= 0.6 is 0 Å². The summed E-state index contributed by atoms with van der Waals surface area (Å²) >= 11 is 0. The molecule has 3 rings (SSSR count). The van der Waals surface area contributed by atoms with E-state index in [0.717, 1.165) is 11.6 Å². The van der Waals surface area contributed by atoms with Gasteiger partial charge in [-0.05, 0) is 50.8 Å². The Balaban J connectivity index is 1.70. The molecule has 1 atom stereocenters. The molecule has 2 aliphatic rings. The van der Waals surface area contributed by atoms with Gasteiger partial charge in [-0.2, -0.15) is 0 Å². The molecule has 106 valence electrons. The molecule has 1 heteroatoms. The second kappa shape index (κ2) is 6.95. The first-order valence-corrected chi connectivity index (χ1v) is 8.26. The van der Waals surface area contributed by atoms with Crippen LogP contribution in [0, 0.1) is 11.8 Å². The maximum absolute atomic E-state index is 3.56. The van der Waals surface area contributed by atoms with E-state index in [0.29, 0.717) is 6.04 Å². The molecular formula is C19H25N. The molecule has 1 saturated heterocycles. The van der Waals surface area contributed by atoms with Crippen molar-refractivity contribution >= 4 is 0 Å². The topological polar surface area (TPSA) is 3.24 Å². The van der Waals surface area contributed by atoms with Gasteiger partial charge in [0.2, 0.25) is 0 Å². The average molecular weight is 267 g/mol. The molecule has 0 bridgehead atoms. The highest BCUT2D eigenvalue weighted by Crippen LogP contribution is 2.28. The lowest BCUT2D eigenvalue weighted by Crippen LogP contribution is -2.46. The van der Waals surface area contributed by atoms with E-state index in [2.05, 4.69) is 47.1 Å². The van der Waals surface area contributed by atoms with E-state index in [4.69, 9.17) is 0 Å². The fourth-order valence-electron chi connectivity index (χ4n) is 3.65. The minimum absolute atomic E-state index is 0.493. The lowest BCUT2D eigenvalue weighted by atomic mass is 9.90. The third-order valence-corrected chi connectivity index (χ3v) is 4.74. The summed E-state index contributed by atoms with van der Waals surface area (Å²) in [7, 11) is 0. The Hall–Kier alpha value is -1.26. The van der Waals surface area contributed by atoms with Crippen molar-refractivity contribution in [1.29, 1.82) is 0 Å². The van der Waals surface area contributed by atoms with Crippen molar-refractivity contribution in [3.05, 3.63) is 35.9 Å². The summed E-state index contributed by atoms with van der Waals surface area (Å²) < 4.78 is 0. The predicted octanol–water partition coefficient (Wildman–Crippen LogP) is 4.23. The summed E-state index contributed by atoms with van der Waals surface area (Å²) in [5.41, 5.74) is 1.15. The number of hydrogen-bond donors (Lipinski definition) is 0. The van der Waals surface area contributed by atoms with E-state index in [1.807, 2.05) is 0 Å². The van der Waals surface area contributed by atoms with Gasteiger partial charge in [0, 0.05) is 11.6 Å². The summed E-state index contributed by atoms with van der Waals surface area (Å²) in [4.78, 5) is 2.72. The van der Waals surface area contributed by atoms with Crippen LogP contribution in [0.3, 0.4) is 0 Å². The molecule has 0 spiro atoms. The molecule has 1 heterocycles. The third kappa shape index (κ3) is 3.44. The highest BCUT2D eigenvalue weighted by atomic mass is 15.2. The minimum Gasteiger partial charge on any atom is -0.287 e. The molecule has 2 fully saturated rings. The number of piperidine rings is 1. The van der Waals surface area contributed by atoms with Gasteiger partial charge in [-0.15, -0.1) is 0 Å². The number of benzene rings is 1. The lowest BCUT2D eigenvalue weighted by molar-refractivity contribution is 0.1000. The van der Waals surface area contributed by atoms with E-state index in [1.165, 1.54) is 57.9 Å². The maximum Gasteiger partial charge on any atom is 0.0720 e. The molecule has 20 heavy (non-hydrogen) atoms. The van der Waals surface area contributed by atoms with Crippen LogP contribution in [0.2, 0.25) is 0 Å². The van der Waals surface area contributed by atoms with E-state index in [9.17, 15) is 0 Å². The van der Waals surface area contributed by atoms with Crippen molar-refractivity contribution in [2.45, 2.75) is 63.5 Å². The molecule has 1 aromatic rings. The maximum atomic E-state index is 3.56. The molecule has 0 aromatic heterocycles. The van der Waals surface area contributed by atoms with Crippen LogP contribution in [0.4, 0.5) is 0 Å². The first-order chi connectivity index (χ1) is 9.93. The predicted molar refractivity (Wildman–Crippen MR) is 84.5 cm³/mol. The van der Waals surface area contributed by atoms with Crippen molar-refractivity contribution in [1.82, 2.24) is 4.90 Å². The van der Waals surface area contributed by atoms with Crippen molar-refractivity contribution < 1.29 is 0 Å². The molecule has 1 aliphatic heterocycles. The molecule has 1 saturated carbocycles. The van der Waals surface area contributed by atoms with Crippen molar-refractivity contribution in [3.8, 4) is 11.8 Å². The van der Waals surface area contributed by atoms with E-state index >= 15 is 0 Å². The minimum atomic E-state index is 0.493. The second-order valence-electron chi connectivity index (χ2n) is 6.18. The van der Waals surface area contributed by atoms with Gasteiger partial charge >= 0.3 is 0 Å². The Morgan fingerprint density at radius 3 is 2.40 bits per heavy atom. The molecular weight excluding hydrogens is 242 g/mol. The normalized spacial score (nSPS) is 24.9. The standard InChI is InChI=1S/C19H25N/c1-3-9-17(10-4-1)14-15-19-13-7-8-16-20(19)18-11-5-2-6-12-18/h1,3-4,9-10,18-19H,2,5-8,11-13,16H2. The van der Waals surface area contributed by atoms with Crippen LogP contribution in [0.15, 0.2) is 30.3 Å². The number of hydrogen-bond acceptors (Lipinski definition) is 1. The first-order valence-electron chi connectivity index (χ1n) is 8.26. The molecule has 1 aromatic carbocycles. The molecule has 1 unspecified atom stereocenters. The van der Waals surface area contributed by atoms with Gasteiger partial charge in [0.1, 0.15) is 0 Å². The number of nitrogens with zero attached hydrogens (tertiary/aromatic N) is 1. The monoisotopic (exact) mass is 267 g/mol. The number of rotatable bonds is 1. The van der Waals surface area contributed by atoms with E-state index in [1.54, 1.807) is 0 Å². The fourth-order valence-corrected chi connectivity index (χ4v) is 3.65. The SMILES string of the molecule is C(#CC1CCCCN1C1CCCCC1)c1ccccc1. The summed E-state index contributed by atoms with van der Waals surface area (Å²) in [5, 5.41) is 0. The van der Waals surface area contributed by atoms with E-state index in [-0.39, 0.29) is 0 Å². The largest absolute Gasteiger partial charge is 0.287 e. The molecule has 0 N–H and O–H groups in total. The molecule has 1 nitrogen and oxygen atoms in total. The highest BCUT2D eigenvalue weighted by molar-refractivity contribution is 5.35. The zero-order valence-electron chi connectivity index (χ0n) is 12.4. The van der Waals surface area contributed by atoms with Gasteiger partial charge in [-0.1, -0.05) is 49.3 Å². The Morgan fingerprint density at radius 1 is 0.850 bits per heavy atom. The van der Waals surface area contributed by atoms with Gasteiger partial charge in [0.15, 0.2) is 0 Å². The van der Waals surface area contributed by atoms with Crippen LogP contribution in [0.5, 0.6) is 0 Å². The summed E-state index contributed by atoms with van der Waals surface area (Å²) in [5.74, 6) is 6.95. The Kier molecular flexibility index (Phi) is 4.77. The zero-order chi connectivity index (χ0) is 13.6. The van der Waals surface area contributed by atoms with Gasteiger partial charge in [0.05, 0.1) is 6.04 Å². The van der Waals surface area contributed by atoms with Gasteiger partial charge in [-0.3, -0.25) is 4.90 Å². The summed E-state index contributed by atoms with van der Waals surface area (Å²) in [6.07, 6.45) is 11.0. The zero-order valence-corrected chi connectivity index (χ0v) is 12.4. The molecule has 1 aliphatic carbocycles. The van der Waals surface area contributed by atoms with Crippen LogP contribution in [-0.2, 0) is 0 Å². The van der Waals surface area contributed by atoms with Gasteiger partial charge in [-0.25, -0.2) is 0 Å². The van der Waals surface area contributed by atoms with Crippen LogP contribution in [0.25, 0.3) is 0 Å². The van der Waals surface area contributed by atoms with Crippen LogP contribution in [-0.4, -0.2) is 23.5 Å². The Morgan fingerprint density at radius 2 is 1.60 bits per heavy atom. The quantitative estimate of drug-likeness (QED) is 0.688. The Bertz CT molecular complexity index is 462. The van der Waals surface area contributed by atoms with Crippen molar-refractivity contribution in [2.75, 3.05) is 6.54 Å². The highest BCUT2D eigenvalue weighted by Gasteiger charge is 2.28. The molecule has 0 amide bonds. The van der Waals surface area contributed by atoms with Crippen molar-refractivity contribution in [3.63, 3.8) is 0 Å². The fraction of sp³-hybridized carbons (Fsp3) is 0.579. The lowest BCUT2D eigenvalue weighted by Gasteiger charge is -2.40. The Labute approximate surface area is 123 Å². The second-order valence-corrected chi connectivity index (χ2v) is 6.18. The summed E-state index contributed by atoms with van der Waals surface area (Å²) in [6.45, 7) is 1.26. The van der Waals surface area contributed by atoms with Crippen LogP contribution < -0.4 is 0 Å². The average Bonchev–Trinajstić information content (AvgIpc) is 2.55. The van der Waals surface area contributed by atoms with Crippen molar-refractivity contribution in [2.24, 2.45) is 0 Å². The smallest absolute Gasteiger partial charge is 0.0720 e. The first kappa shape index (κ1) is 13.7. The number of likely N-dealkylation sites (tertiary alicyclic amines) is 1.